The maximum absolute atomic E-state index is 11.7. The van der Waals surface area contributed by atoms with Crippen molar-refractivity contribution in [3.8, 4) is 36.5 Å². The van der Waals surface area contributed by atoms with Gasteiger partial charge < -0.3 is 25.2 Å². The van der Waals surface area contributed by atoms with Crippen LogP contribution in [0.5, 0.6) is 0 Å². The Morgan fingerprint density at radius 2 is 1.01 bits per heavy atom. The van der Waals surface area contributed by atoms with E-state index < -0.39 is 11.6 Å². The van der Waals surface area contributed by atoms with Gasteiger partial charge in [-0.15, -0.1) is 12.8 Å². The van der Waals surface area contributed by atoms with E-state index in [1.54, 1.807) is 11.1 Å². The number of fused-ring (bicyclic) bond motifs is 12. The first-order valence-corrected chi connectivity index (χ1v) is 44.0. The number of carboxylic acids is 1. The quantitative estimate of drug-likeness (QED) is 0.0914. The summed E-state index contributed by atoms with van der Waals surface area (Å²) in [4.78, 5) is 43.3. The highest BCUT2D eigenvalue weighted by molar-refractivity contribution is 6.62. The van der Waals surface area contributed by atoms with Crippen LogP contribution in [0.25, 0.3) is 0 Å². The minimum atomic E-state index is -0.543. The molecular weight excluding hydrogens is 1400 g/mol. The van der Waals surface area contributed by atoms with Gasteiger partial charge in [-0.2, -0.15) is 0 Å². The molecular formula is C102H155ClO9. The molecule has 9 nitrogen and oxygen atoms in total. The van der Waals surface area contributed by atoms with E-state index in [1.807, 2.05) is 31.2 Å². The smallest absolute Gasteiger partial charge is 0.307 e. The number of ether oxygens (including phenoxy) is 1. The molecule has 10 heteroatoms. The monoisotopic (exact) mass is 1560 g/mol. The molecule has 0 aromatic rings. The van der Waals surface area contributed by atoms with Crippen molar-refractivity contribution in [2.24, 2.45) is 167 Å². The second-order valence-corrected chi connectivity index (χ2v) is 44.7. The summed E-state index contributed by atoms with van der Waals surface area (Å²) >= 11 is 4.64. The van der Waals surface area contributed by atoms with Crippen LogP contribution in [-0.4, -0.2) is 67.3 Å². The lowest BCUT2D eigenvalue weighted by molar-refractivity contribution is -0.158. The summed E-state index contributed by atoms with van der Waals surface area (Å²) in [5.74, 6) is 20.9. The number of carboxylic acid groups (broad SMARTS) is 1. The number of carbonyl (C=O) groups is 4. The van der Waals surface area contributed by atoms with Gasteiger partial charge in [-0.05, 0) is 341 Å². The van der Waals surface area contributed by atoms with Crippen LogP contribution in [-0.2, 0) is 23.9 Å². The van der Waals surface area contributed by atoms with E-state index in [4.69, 9.17) is 17.6 Å². The molecule has 0 aromatic heterocycles. The maximum Gasteiger partial charge on any atom is 0.307 e. The molecule has 25 rings (SSSR count). The number of aliphatic hydroxyl groups excluding tert-OH is 2. The Bertz CT molecular complexity index is 3840. The van der Waals surface area contributed by atoms with Crippen molar-refractivity contribution in [2.75, 3.05) is 0 Å². The lowest BCUT2D eigenvalue weighted by Crippen LogP contribution is -2.57. The van der Waals surface area contributed by atoms with Gasteiger partial charge in [0.05, 0.1) is 23.7 Å². The van der Waals surface area contributed by atoms with Gasteiger partial charge in [0.15, 0.2) is 5.78 Å². The molecule has 4 N–H and O–H groups in total. The van der Waals surface area contributed by atoms with Crippen LogP contribution in [0.15, 0.2) is 94.2 Å². The topological polar surface area (TPSA) is 158 Å². The number of hydrogen-bond donors (Lipinski definition) is 4. The summed E-state index contributed by atoms with van der Waals surface area (Å²) in [5, 5.41) is 38.5. The van der Waals surface area contributed by atoms with Crippen LogP contribution in [0.4, 0.5) is 0 Å². The van der Waals surface area contributed by atoms with Gasteiger partial charge >= 0.3 is 11.9 Å². The maximum atomic E-state index is 11.7. The molecule has 0 saturated heterocycles. The van der Waals surface area contributed by atoms with Crippen molar-refractivity contribution in [2.45, 2.75) is 314 Å². The molecule has 0 aromatic carbocycles. The fourth-order valence-corrected chi connectivity index (χ4v) is 27.0. The molecule has 0 amide bonds. The fraction of sp³-hybridized carbons (Fsp3) is 0.745. The zero-order valence-electron chi connectivity index (χ0n) is 74.7. The molecule has 3 unspecified atom stereocenters. The van der Waals surface area contributed by atoms with Crippen molar-refractivity contribution < 1.29 is 47.2 Å². The first-order chi connectivity index (χ1) is 51.5. The van der Waals surface area contributed by atoms with Gasteiger partial charge in [0.2, 0.25) is 5.24 Å². The number of allylic oxidation sites excluding steroid dienone is 12. The molecule has 25 aliphatic rings. The van der Waals surface area contributed by atoms with Crippen LogP contribution in [0.3, 0.4) is 0 Å². The van der Waals surface area contributed by atoms with Crippen molar-refractivity contribution in [1.82, 2.24) is 0 Å². The van der Waals surface area contributed by atoms with E-state index >= 15 is 0 Å². The van der Waals surface area contributed by atoms with Crippen LogP contribution < -0.4 is 0 Å². The molecule has 0 spiro atoms. The van der Waals surface area contributed by atoms with Gasteiger partial charge in [0, 0.05) is 28.5 Å². The van der Waals surface area contributed by atoms with Gasteiger partial charge in [0.25, 0.3) is 0 Å². The zero-order valence-corrected chi connectivity index (χ0v) is 75.4. The molecule has 0 aliphatic heterocycles. The number of rotatable bonds is 2. The Morgan fingerprint density at radius 3 is 1.36 bits per heavy atom. The van der Waals surface area contributed by atoms with Crippen molar-refractivity contribution in [1.29, 1.82) is 0 Å². The highest BCUT2D eigenvalue weighted by Crippen LogP contribution is 2.69. The summed E-state index contributed by atoms with van der Waals surface area (Å²) in [5.41, 5.74) is 12.1. The number of esters is 1. The highest BCUT2D eigenvalue weighted by atomic mass is 35.5. The Hall–Kier alpha value is -4.95. The molecule has 0 heterocycles. The average molecular weight is 1560 g/mol. The largest absolute Gasteiger partial charge is 0.481 e. The predicted octanol–water partition coefficient (Wildman–Crippen LogP) is 23.7. The third-order valence-electron chi connectivity index (χ3n) is 35.3. The first-order valence-electron chi connectivity index (χ1n) is 43.6. The lowest BCUT2D eigenvalue weighted by atomic mass is 9.44. The molecule has 112 heavy (non-hydrogen) atoms. The van der Waals surface area contributed by atoms with Crippen LogP contribution in [0, 0.1) is 203 Å². The second-order valence-electron chi connectivity index (χ2n) is 44.2. The minimum Gasteiger partial charge on any atom is -0.481 e. The molecule has 14 bridgehead atoms. The fourth-order valence-electron chi connectivity index (χ4n) is 27.0. The molecule has 10 saturated carbocycles. The van der Waals surface area contributed by atoms with Crippen molar-refractivity contribution >= 4 is 34.6 Å². The number of terminal acetylenes is 2. The van der Waals surface area contributed by atoms with Crippen LogP contribution in [0.2, 0.25) is 0 Å². The highest BCUT2D eigenvalue weighted by Gasteiger charge is 2.63. The van der Waals surface area contributed by atoms with E-state index in [2.05, 4.69) is 238 Å². The molecule has 10 fully saturated rings. The van der Waals surface area contributed by atoms with Gasteiger partial charge in [0.1, 0.15) is 6.10 Å². The zero-order chi connectivity index (χ0) is 83.9. The van der Waals surface area contributed by atoms with E-state index in [9.17, 15) is 39.6 Å². The number of carbonyl (C=O) groups excluding carboxylic acids is 3. The number of aliphatic hydroxyl groups is 3. The van der Waals surface area contributed by atoms with Gasteiger partial charge in [-0.3, -0.25) is 19.2 Å². The van der Waals surface area contributed by atoms with E-state index in [-0.39, 0.29) is 49.1 Å². The Kier molecular flexibility index (Phi) is 26.9. The Labute approximate surface area is 688 Å². The van der Waals surface area contributed by atoms with Gasteiger partial charge in [-0.1, -0.05) is 214 Å². The standard InChI is InChI=1S/C21H32O2.C12H18O2.C11H18.2C10H16O.C10H14O.C10H16O.C10H16.C6H2.C2H3ClO.2H2/c1-13-8-10-20(2)14(12-13)4-5-15-16-6-7-18(19(22)23)21(16,3)11-9-17(15)20;1-7-5-11(14-8(2)13)10-6-9(7)12(10,3)4;1-10(2)6-5-8-7-9(10)11(8,3)4;3*1-6-4-9(11)8-5-7(6)10(8,2)3;1-9(2)7-4-5-10(3,11)8(9)6-7;1-7-4-5-8-6-9(7)10(8,2)3;1-3-5-6-4-2;1-2(3)4;;/h4,13,15-18H,5-12H2,1-3H3,(H,22,23);5,9-11H,6H2,1-4H3;5-6,8-9H,7H2,1-4H3;2*4,7-9,11H,5H2,1-3H3;4,7-8H,5H2,1-3H3;4-5,7-8,11H,6H2,1-3H3;4,8-9H,5-6H2,1-3H3;1-2H;1H3;2*1H/t13?,15-,16-,17-,18+,20-,21-;9-,10+,11?;8-,9-;7-,8+,9?;7-,8+,9-;7-,8+;7-,8+,10-;8-,9-;;;;/m00000000..../s1. The number of ketones is 1. The third-order valence-corrected chi connectivity index (χ3v) is 35.3. The summed E-state index contributed by atoms with van der Waals surface area (Å²) in [6.07, 6.45) is 50.9. The summed E-state index contributed by atoms with van der Waals surface area (Å²) in [6, 6.07) is 0. The third kappa shape index (κ3) is 17.2. The number of aliphatic carboxylic acids is 1. The number of halogens is 1. The average Bonchev–Trinajstić information content (AvgIpc) is 1.32. The van der Waals surface area contributed by atoms with Gasteiger partial charge in [-0.25, -0.2) is 0 Å². The SMILES string of the molecule is C#CC#CC#C.CC(=O)Cl.CC(=O)OC1C=C(C)[C@@H]2C[C@H]1C2(C)C.CC1(C)C=C[C@H]2C[C@@H]1C2(C)C.CC1(C)[C@H]2C[C@@H]1C=C[C@]2(C)O.CC1=CC(=O)[C@H]2C[C@@H]1C2(C)C.CC1=CC(O)[C@H]2C[C@@H]1C2(C)C.CC1=CC[C@H]2C[C@@H]1C2(C)C.CC1=C[C@H](O)[C@H]2C[C@@H]1C2(C)C.CC1CC[C@@]2(C)C(=CC[C@H]3[C@@H]4CC[C@H](C(=O)O)[C@@]4(C)CC[C@@H]32)C1.[HH].[HH]. The summed E-state index contributed by atoms with van der Waals surface area (Å²) in [6.45, 7) is 59.7. The molecule has 0 radical (unpaired) electrons. The summed E-state index contributed by atoms with van der Waals surface area (Å²) < 4.78 is 5.33. The molecule has 624 valence electrons. The van der Waals surface area contributed by atoms with E-state index in [1.165, 1.54) is 113 Å². The van der Waals surface area contributed by atoms with Crippen molar-refractivity contribution in [3.05, 3.63) is 94.2 Å². The second kappa shape index (κ2) is 33.1. The molecule has 25 aliphatic carbocycles. The lowest BCUT2D eigenvalue weighted by Gasteiger charge is -2.60. The van der Waals surface area contributed by atoms with Crippen LogP contribution >= 0.6 is 11.6 Å². The van der Waals surface area contributed by atoms with E-state index in [0.29, 0.717) is 102 Å². The molecule has 25 atom stereocenters. The van der Waals surface area contributed by atoms with E-state index in [0.717, 1.165) is 78.9 Å². The normalized spacial score (nSPS) is 42.0. The predicted molar refractivity (Wildman–Crippen MR) is 465 cm³/mol. The van der Waals surface area contributed by atoms with Crippen LogP contribution in [0.1, 0.15) is 293 Å². The Balaban J connectivity index is 0.000000180. The first kappa shape index (κ1) is 91.0. The minimum absolute atomic E-state index is 0. The summed E-state index contributed by atoms with van der Waals surface area (Å²) in [7, 11) is 0. The van der Waals surface area contributed by atoms with Crippen molar-refractivity contribution in [3.63, 3.8) is 0 Å². The Morgan fingerprint density at radius 1 is 0.527 bits per heavy atom. The number of hydrogen-bond acceptors (Lipinski definition) is 8.